The second-order valence-corrected chi connectivity index (χ2v) is 6.30. The number of carboxylic acid groups (broad SMARTS) is 1. The number of nitrogens with zero attached hydrogens (tertiary/aromatic N) is 1. The number of hydrogen-bond acceptors (Lipinski definition) is 4. The van der Waals surface area contributed by atoms with Gasteiger partial charge >= 0.3 is 12.0 Å². The Morgan fingerprint density at radius 1 is 1.35 bits per heavy atom. The molecule has 3 N–H and O–H groups in total. The van der Waals surface area contributed by atoms with E-state index in [-0.39, 0.29) is 12.1 Å². The average molecular weight is 297 g/mol. The van der Waals surface area contributed by atoms with Crippen LogP contribution in [0.3, 0.4) is 0 Å². The van der Waals surface area contributed by atoms with E-state index >= 15 is 0 Å². The highest BCUT2D eigenvalue weighted by atomic mass is 32.1. The van der Waals surface area contributed by atoms with Crippen molar-refractivity contribution < 1.29 is 14.7 Å². The highest BCUT2D eigenvalue weighted by Gasteiger charge is 2.30. The first-order chi connectivity index (χ1) is 9.56. The van der Waals surface area contributed by atoms with Crippen LogP contribution in [0.4, 0.5) is 9.93 Å². The first-order valence-electron chi connectivity index (χ1n) is 6.79. The standard InChI is InChI=1S/C13H19N3O3S/c1-8-7-14-13(20-8)16-12(19)15-10-6-4-2-3-5-9(10)11(17)18/h7,9-10H,2-6H2,1H3,(H,17,18)(H2,14,15,16,19). The summed E-state index contributed by atoms with van der Waals surface area (Å²) in [5.74, 6) is -1.33. The molecule has 1 aliphatic rings. The third-order valence-corrected chi connectivity index (χ3v) is 4.32. The minimum Gasteiger partial charge on any atom is -0.481 e. The molecule has 1 aromatic heterocycles. The van der Waals surface area contributed by atoms with Crippen LogP contribution < -0.4 is 10.6 Å². The smallest absolute Gasteiger partial charge is 0.321 e. The van der Waals surface area contributed by atoms with Gasteiger partial charge in [0.05, 0.1) is 5.92 Å². The number of hydrogen-bond donors (Lipinski definition) is 3. The van der Waals surface area contributed by atoms with Crippen molar-refractivity contribution in [2.75, 3.05) is 5.32 Å². The van der Waals surface area contributed by atoms with Crippen molar-refractivity contribution in [1.29, 1.82) is 0 Å². The molecule has 0 aliphatic heterocycles. The summed E-state index contributed by atoms with van der Waals surface area (Å²) in [4.78, 5) is 28.3. The number of carbonyl (C=O) groups excluding carboxylic acids is 1. The zero-order valence-electron chi connectivity index (χ0n) is 11.4. The van der Waals surface area contributed by atoms with E-state index < -0.39 is 11.9 Å². The fourth-order valence-electron chi connectivity index (χ4n) is 2.49. The molecule has 2 atom stereocenters. The SMILES string of the molecule is Cc1cnc(NC(=O)NC2CCCCCC2C(=O)O)s1. The quantitative estimate of drug-likeness (QED) is 0.748. The predicted molar refractivity (Wildman–Crippen MR) is 77.0 cm³/mol. The van der Waals surface area contributed by atoms with Crippen molar-refractivity contribution in [3.63, 3.8) is 0 Å². The van der Waals surface area contributed by atoms with Crippen LogP contribution in [0.1, 0.15) is 37.0 Å². The summed E-state index contributed by atoms with van der Waals surface area (Å²) in [6, 6.07) is -0.687. The molecule has 0 saturated heterocycles. The molecule has 1 aromatic rings. The van der Waals surface area contributed by atoms with Gasteiger partial charge in [-0.3, -0.25) is 10.1 Å². The summed E-state index contributed by atoms with van der Waals surface area (Å²) in [7, 11) is 0. The predicted octanol–water partition coefficient (Wildman–Crippen LogP) is 2.61. The molecule has 0 bridgehead atoms. The minimum atomic E-state index is -0.831. The second kappa shape index (κ2) is 6.69. The van der Waals surface area contributed by atoms with Crippen molar-refractivity contribution in [3.8, 4) is 0 Å². The Hall–Kier alpha value is -1.63. The molecule has 1 saturated carbocycles. The first kappa shape index (κ1) is 14.8. The van der Waals surface area contributed by atoms with Crippen LogP contribution in [0.2, 0.25) is 0 Å². The van der Waals surface area contributed by atoms with Gasteiger partial charge in [0.1, 0.15) is 0 Å². The van der Waals surface area contributed by atoms with Crippen LogP contribution in [-0.2, 0) is 4.79 Å². The first-order valence-corrected chi connectivity index (χ1v) is 7.60. The Balaban J connectivity index is 1.95. The number of carboxylic acids is 1. The van der Waals surface area contributed by atoms with E-state index in [1.54, 1.807) is 6.20 Å². The Bertz CT molecular complexity index is 489. The third kappa shape index (κ3) is 3.93. The van der Waals surface area contributed by atoms with Gasteiger partial charge in [-0.05, 0) is 19.8 Å². The van der Waals surface area contributed by atoms with Crippen molar-refractivity contribution in [2.45, 2.75) is 45.1 Å². The number of nitrogens with one attached hydrogen (secondary N) is 2. The molecule has 1 heterocycles. The van der Waals surface area contributed by atoms with Crippen molar-refractivity contribution in [3.05, 3.63) is 11.1 Å². The second-order valence-electron chi connectivity index (χ2n) is 5.06. The van der Waals surface area contributed by atoms with Gasteiger partial charge in [0.2, 0.25) is 0 Å². The van der Waals surface area contributed by atoms with Crippen molar-refractivity contribution in [1.82, 2.24) is 10.3 Å². The highest BCUT2D eigenvalue weighted by molar-refractivity contribution is 7.15. The molecule has 1 fully saturated rings. The summed E-state index contributed by atoms with van der Waals surface area (Å²) in [6.45, 7) is 1.91. The Morgan fingerprint density at radius 3 is 2.75 bits per heavy atom. The maximum atomic E-state index is 11.9. The van der Waals surface area contributed by atoms with Crippen molar-refractivity contribution >= 4 is 28.5 Å². The summed E-state index contributed by atoms with van der Waals surface area (Å²) in [5, 5.41) is 15.2. The lowest BCUT2D eigenvalue weighted by atomic mass is 9.95. The molecule has 2 amide bonds. The zero-order valence-corrected chi connectivity index (χ0v) is 12.2. The molecular weight excluding hydrogens is 278 g/mol. The van der Waals surface area contributed by atoms with E-state index in [9.17, 15) is 14.7 Å². The zero-order chi connectivity index (χ0) is 14.5. The van der Waals surface area contributed by atoms with Gasteiger partial charge in [-0.1, -0.05) is 19.3 Å². The van der Waals surface area contributed by atoms with E-state index in [1.807, 2.05) is 6.92 Å². The third-order valence-electron chi connectivity index (χ3n) is 3.49. The molecule has 2 rings (SSSR count). The number of urea groups is 1. The minimum absolute atomic E-state index is 0.309. The molecule has 110 valence electrons. The molecular formula is C13H19N3O3S. The fraction of sp³-hybridized carbons (Fsp3) is 0.615. The van der Waals surface area contributed by atoms with Crippen molar-refractivity contribution in [2.24, 2.45) is 5.92 Å². The average Bonchev–Trinajstić information content (AvgIpc) is 2.64. The number of thiazole rings is 1. The summed E-state index contributed by atoms with van der Waals surface area (Å²) in [5.41, 5.74) is 0. The highest BCUT2D eigenvalue weighted by Crippen LogP contribution is 2.24. The van der Waals surface area contributed by atoms with Gasteiger partial charge in [0.15, 0.2) is 5.13 Å². The van der Waals surface area contributed by atoms with E-state index in [0.717, 1.165) is 24.1 Å². The van der Waals surface area contributed by atoms with E-state index in [0.29, 0.717) is 18.0 Å². The van der Waals surface area contributed by atoms with Gasteiger partial charge in [-0.2, -0.15) is 0 Å². The van der Waals surface area contributed by atoms with Gasteiger partial charge in [-0.25, -0.2) is 9.78 Å². The van der Waals surface area contributed by atoms with Gasteiger partial charge in [0.25, 0.3) is 0 Å². The molecule has 1 aliphatic carbocycles. The summed E-state index contributed by atoms with van der Waals surface area (Å²) < 4.78 is 0. The number of rotatable bonds is 3. The molecule has 0 radical (unpaired) electrons. The number of aryl methyl sites for hydroxylation is 1. The maximum absolute atomic E-state index is 11.9. The van der Waals surface area contributed by atoms with E-state index in [2.05, 4.69) is 15.6 Å². The molecule has 2 unspecified atom stereocenters. The number of amides is 2. The molecule has 6 nitrogen and oxygen atoms in total. The van der Waals surface area contributed by atoms with Gasteiger partial charge in [-0.15, -0.1) is 11.3 Å². The lowest BCUT2D eigenvalue weighted by molar-refractivity contribution is -0.142. The monoisotopic (exact) mass is 297 g/mol. The van der Waals surface area contributed by atoms with Crippen LogP contribution in [0, 0.1) is 12.8 Å². The summed E-state index contributed by atoms with van der Waals surface area (Å²) in [6.07, 6.45) is 5.90. The van der Waals surface area contributed by atoms with Gasteiger partial charge in [0, 0.05) is 17.1 Å². The number of aliphatic carboxylic acids is 1. The Morgan fingerprint density at radius 2 is 2.10 bits per heavy atom. The van der Waals surface area contributed by atoms with Crippen LogP contribution >= 0.6 is 11.3 Å². The molecule has 7 heteroatoms. The summed E-state index contributed by atoms with van der Waals surface area (Å²) >= 11 is 1.39. The van der Waals surface area contributed by atoms with E-state index in [4.69, 9.17) is 0 Å². The maximum Gasteiger partial charge on any atom is 0.321 e. The number of carbonyl (C=O) groups is 2. The lowest BCUT2D eigenvalue weighted by Gasteiger charge is -2.22. The lowest BCUT2D eigenvalue weighted by Crippen LogP contribution is -2.44. The fourth-order valence-corrected chi connectivity index (χ4v) is 3.15. The molecule has 0 spiro atoms. The number of anilines is 1. The topological polar surface area (TPSA) is 91.3 Å². The largest absolute Gasteiger partial charge is 0.481 e. The van der Waals surface area contributed by atoms with E-state index in [1.165, 1.54) is 11.3 Å². The normalized spacial score (nSPS) is 22.9. The van der Waals surface area contributed by atoms with Crippen LogP contribution in [0.15, 0.2) is 6.20 Å². The Labute approximate surface area is 121 Å². The number of aromatic nitrogens is 1. The van der Waals surface area contributed by atoms with Crippen LogP contribution in [0.5, 0.6) is 0 Å². The van der Waals surface area contributed by atoms with Crippen LogP contribution in [-0.4, -0.2) is 28.1 Å². The Kier molecular flexibility index (Phi) is 4.94. The molecule has 20 heavy (non-hydrogen) atoms. The van der Waals surface area contributed by atoms with Crippen LogP contribution in [0.25, 0.3) is 0 Å². The molecule has 0 aromatic carbocycles. The van der Waals surface area contributed by atoms with Gasteiger partial charge < -0.3 is 10.4 Å².